The second-order valence-corrected chi connectivity index (χ2v) is 9.98. The van der Waals surface area contributed by atoms with Crippen molar-refractivity contribution in [2.45, 2.75) is 19.4 Å². The topological polar surface area (TPSA) is 65.0 Å². The van der Waals surface area contributed by atoms with Gasteiger partial charge in [0.15, 0.2) is 0 Å². The Kier molecular flexibility index (Phi) is 7.28. The Morgan fingerprint density at radius 3 is 2.59 bits per heavy atom. The van der Waals surface area contributed by atoms with Crippen LogP contribution in [0.3, 0.4) is 0 Å². The number of nitrogens with zero attached hydrogens (tertiary/aromatic N) is 6. The summed E-state index contributed by atoms with van der Waals surface area (Å²) in [4.78, 5) is 30.6. The van der Waals surface area contributed by atoms with Crippen LogP contribution in [-0.4, -0.2) is 85.6 Å². The molecule has 194 valence electrons. The monoisotopic (exact) mass is 500 g/mol. The van der Waals surface area contributed by atoms with Crippen LogP contribution in [0.4, 0.5) is 11.5 Å². The first-order valence-corrected chi connectivity index (χ1v) is 13.1. The normalized spacial score (nSPS) is 17.7. The number of amides is 1. The number of anilines is 2. The lowest BCUT2D eigenvalue weighted by Gasteiger charge is -2.40. The predicted molar refractivity (Wildman–Crippen MR) is 148 cm³/mol. The summed E-state index contributed by atoms with van der Waals surface area (Å²) >= 11 is 0. The zero-order valence-electron chi connectivity index (χ0n) is 22.1. The van der Waals surface area contributed by atoms with Crippen LogP contribution >= 0.6 is 0 Å². The molecule has 1 saturated heterocycles. The maximum atomic E-state index is 12.1. The molecule has 0 saturated carbocycles. The molecule has 2 aliphatic rings. The highest BCUT2D eigenvalue weighted by Crippen LogP contribution is 2.39. The van der Waals surface area contributed by atoms with Crippen molar-refractivity contribution in [3.8, 4) is 6.01 Å². The molecule has 1 unspecified atom stereocenters. The standard InChI is InChI=1S/C29H36N6O2/c1-5-26(36)33-15-17-34(18-16-33)28-24-13-14-35(25-12-8-10-22-9-6-7-11-23(22)25)21(2)27(24)30-29(31-28)37-20-19-32(3)4/h5-12,21H,1,13-20H2,2-4H3. The molecule has 0 N–H and O–H groups in total. The molecule has 8 heteroatoms. The van der Waals surface area contributed by atoms with E-state index in [1.807, 2.05) is 19.0 Å². The highest BCUT2D eigenvalue weighted by Gasteiger charge is 2.32. The third-order valence-electron chi connectivity index (χ3n) is 7.37. The van der Waals surface area contributed by atoms with E-state index < -0.39 is 0 Å². The number of benzene rings is 2. The quantitative estimate of drug-likeness (QED) is 0.460. The molecule has 1 fully saturated rings. The van der Waals surface area contributed by atoms with E-state index in [2.05, 4.69) is 70.7 Å². The molecular formula is C29H36N6O2. The number of likely N-dealkylation sites (N-methyl/N-ethyl adjacent to an activating group) is 1. The molecule has 0 aliphatic carbocycles. The first kappa shape index (κ1) is 25.0. The van der Waals surface area contributed by atoms with Gasteiger partial charge in [-0.2, -0.15) is 9.97 Å². The number of hydrogen-bond donors (Lipinski definition) is 0. The van der Waals surface area contributed by atoms with Gasteiger partial charge in [-0.15, -0.1) is 0 Å². The van der Waals surface area contributed by atoms with Crippen LogP contribution in [0, 0.1) is 0 Å². The van der Waals surface area contributed by atoms with E-state index in [9.17, 15) is 4.79 Å². The summed E-state index contributed by atoms with van der Waals surface area (Å²) in [5.41, 5.74) is 3.43. The van der Waals surface area contributed by atoms with Crippen LogP contribution < -0.4 is 14.5 Å². The van der Waals surface area contributed by atoms with Gasteiger partial charge in [0.1, 0.15) is 12.4 Å². The molecule has 1 aromatic heterocycles. The van der Waals surface area contributed by atoms with Gasteiger partial charge < -0.3 is 24.3 Å². The second-order valence-electron chi connectivity index (χ2n) is 9.98. The molecule has 0 bridgehead atoms. The minimum absolute atomic E-state index is 0.0172. The van der Waals surface area contributed by atoms with Crippen molar-refractivity contribution in [1.82, 2.24) is 19.8 Å². The van der Waals surface area contributed by atoms with Gasteiger partial charge in [-0.1, -0.05) is 43.0 Å². The van der Waals surface area contributed by atoms with E-state index in [1.54, 1.807) is 0 Å². The molecule has 1 amide bonds. The van der Waals surface area contributed by atoms with Crippen LogP contribution in [0.2, 0.25) is 0 Å². The minimum Gasteiger partial charge on any atom is -0.462 e. The molecule has 3 aromatic rings. The van der Waals surface area contributed by atoms with E-state index >= 15 is 0 Å². The summed E-state index contributed by atoms with van der Waals surface area (Å²) in [5.74, 6) is 0.927. The highest BCUT2D eigenvalue weighted by molar-refractivity contribution is 5.94. The number of rotatable bonds is 7. The second kappa shape index (κ2) is 10.8. The van der Waals surface area contributed by atoms with Crippen LogP contribution in [0.5, 0.6) is 6.01 Å². The third-order valence-corrected chi connectivity index (χ3v) is 7.37. The highest BCUT2D eigenvalue weighted by atomic mass is 16.5. The Hall–Kier alpha value is -3.65. The maximum absolute atomic E-state index is 12.1. The first-order valence-electron chi connectivity index (χ1n) is 13.1. The Morgan fingerprint density at radius 1 is 1.08 bits per heavy atom. The fraction of sp³-hybridized carbons (Fsp3) is 0.414. The molecule has 2 aliphatic heterocycles. The first-order chi connectivity index (χ1) is 18.0. The summed E-state index contributed by atoms with van der Waals surface area (Å²) in [7, 11) is 4.05. The number of carbonyl (C=O) groups is 1. The van der Waals surface area contributed by atoms with E-state index in [1.165, 1.54) is 28.1 Å². The molecule has 0 spiro atoms. The number of piperazine rings is 1. The summed E-state index contributed by atoms with van der Waals surface area (Å²) in [5, 5.41) is 2.49. The summed E-state index contributed by atoms with van der Waals surface area (Å²) in [6.45, 7) is 10.8. The van der Waals surface area contributed by atoms with Crippen LogP contribution in [0.1, 0.15) is 24.2 Å². The number of carbonyl (C=O) groups excluding carboxylic acids is 1. The molecule has 2 aromatic carbocycles. The smallest absolute Gasteiger partial charge is 0.318 e. The average Bonchev–Trinajstić information content (AvgIpc) is 2.92. The van der Waals surface area contributed by atoms with Crippen molar-refractivity contribution in [1.29, 1.82) is 0 Å². The van der Waals surface area contributed by atoms with Gasteiger partial charge >= 0.3 is 6.01 Å². The van der Waals surface area contributed by atoms with Crippen molar-refractivity contribution in [2.75, 3.05) is 69.8 Å². The number of ether oxygens (including phenoxy) is 1. The molecule has 5 rings (SSSR count). The van der Waals surface area contributed by atoms with Gasteiger partial charge in [0.2, 0.25) is 5.91 Å². The molecular weight excluding hydrogens is 464 g/mol. The molecule has 37 heavy (non-hydrogen) atoms. The average molecular weight is 501 g/mol. The van der Waals surface area contributed by atoms with Crippen molar-refractivity contribution in [3.05, 3.63) is 66.4 Å². The van der Waals surface area contributed by atoms with E-state index in [-0.39, 0.29) is 11.9 Å². The Balaban J connectivity index is 1.49. The lowest BCUT2D eigenvalue weighted by atomic mass is 9.96. The predicted octanol–water partition coefficient (Wildman–Crippen LogP) is 3.53. The molecule has 3 heterocycles. The third kappa shape index (κ3) is 5.11. The van der Waals surface area contributed by atoms with Crippen molar-refractivity contribution < 1.29 is 9.53 Å². The SMILES string of the molecule is C=CC(=O)N1CCN(c2nc(OCCN(C)C)nc3c2CCN(c2cccc4ccccc24)C3C)CC1. The number of hydrogen-bond acceptors (Lipinski definition) is 7. The van der Waals surface area contributed by atoms with Gasteiger partial charge in [0, 0.05) is 55.9 Å². The van der Waals surface area contributed by atoms with Crippen molar-refractivity contribution >= 4 is 28.2 Å². The zero-order chi connectivity index (χ0) is 25.9. The maximum Gasteiger partial charge on any atom is 0.318 e. The Labute approximate surface area is 219 Å². The van der Waals surface area contributed by atoms with E-state index in [4.69, 9.17) is 14.7 Å². The Bertz CT molecular complexity index is 1280. The van der Waals surface area contributed by atoms with Gasteiger partial charge in [-0.3, -0.25) is 4.79 Å². The fourth-order valence-corrected chi connectivity index (χ4v) is 5.33. The van der Waals surface area contributed by atoms with Crippen LogP contribution in [-0.2, 0) is 11.2 Å². The van der Waals surface area contributed by atoms with Crippen molar-refractivity contribution in [3.63, 3.8) is 0 Å². The molecule has 0 radical (unpaired) electrons. The van der Waals surface area contributed by atoms with Gasteiger partial charge in [-0.05, 0) is 45.0 Å². The van der Waals surface area contributed by atoms with Gasteiger partial charge in [0.05, 0.1) is 11.7 Å². The summed E-state index contributed by atoms with van der Waals surface area (Å²) < 4.78 is 6.06. The molecule has 8 nitrogen and oxygen atoms in total. The van der Waals surface area contributed by atoms with E-state index in [0.717, 1.165) is 44.1 Å². The lowest BCUT2D eigenvalue weighted by Crippen LogP contribution is -2.49. The number of aromatic nitrogens is 2. The molecule has 1 atom stereocenters. The Morgan fingerprint density at radius 2 is 1.84 bits per heavy atom. The summed E-state index contributed by atoms with van der Waals surface area (Å²) in [6.07, 6.45) is 2.24. The zero-order valence-corrected chi connectivity index (χ0v) is 22.1. The summed E-state index contributed by atoms with van der Waals surface area (Å²) in [6, 6.07) is 15.5. The van der Waals surface area contributed by atoms with Gasteiger partial charge in [0.25, 0.3) is 0 Å². The van der Waals surface area contributed by atoms with Gasteiger partial charge in [-0.25, -0.2) is 0 Å². The largest absolute Gasteiger partial charge is 0.462 e. The van der Waals surface area contributed by atoms with Crippen molar-refractivity contribution in [2.24, 2.45) is 0 Å². The minimum atomic E-state index is -0.0172. The van der Waals surface area contributed by atoms with E-state index in [0.29, 0.717) is 25.7 Å². The lowest BCUT2D eigenvalue weighted by molar-refractivity contribution is -0.126. The van der Waals surface area contributed by atoms with Crippen LogP contribution in [0.15, 0.2) is 55.1 Å². The fourth-order valence-electron chi connectivity index (χ4n) is 5.33. The van der Waals surface area contributed by atoms with Crippen LogP contribution in [0.25, 0.3) is 10.8 Å². The number of fused-ring (bicyclic) bond motifs is 2.